The van der Waals surface area contributed by atoms with Crippen LogP contribution in [0.4, 0.5) is 0 Å². The predicted octanol–water partition coefficient (Wildman–Crippen LogP) is 3.39. The molecular weight excluding hydrogens is 234 g/mol. The van der Waals surface area contributed by atoms with Crippen molar-refractivity contribution in [1.29, 1.82) is 5.26 Å². The summed E-state index contributed by atoms with van der Waals surface area (Å²) >= 11 is 0. The second-order valence-electron chi connectivity index (χ2n) is 5.14. The Bertz CT molecular complexity index is 649. The van der Waals surface area contributed by atoms with Crippen LogP contribution >= 0.6 is 0 Å². The maximum Gasteiger partial charge on any atom is 0.140 e. The van der Waals surface area contributed by atoms with Gasteiger partial charge in [-0.2, -0.15) is 5.26 Å². The average Bonchev–Trinajstić information content (AvgIpc) is 2.57. The molecule has 19 heavy (non-hydrogen) atoms. The van der Waals surface area contributed by atoms with E-state index in [9.17, 15) is 0 Å². The Balaban J connectivity index is 2.67. The standard InChI is InChI=1S/C16H19N3/c1-10-8-11(2)15(12(3)9-10)16-18-14(6-7-17)13(4)19(16)5/h8-9H,6H2,1-5H3. The first-order valence-corrected chi connectivity index (χ1v) is 6.43. The van der Waals surface area contributed by atoms with Gasteiger partial charge in [0.25, 0.3) is 0 Å². The molecule has 0 saturated heterocycles. The Morgan fingerprint density at radius 2 is 1.74 bits per heavy atom. The largest absolute Gasteiger partial charge is 0.331 e. The van der Waals surface area contributed by atoms with Gasteiger partial charge in [-0.15, -0.1) is 0 Å². The molecule has 0 fully saturated rings. The molecule has 0 aliphatic rings. The Morgan fingerprint density at radius 1 is 1.16 bits per heavy atom. The van der Waals surface area contributed by atoms with Crippen LogP contribution in [0.15, 0.2) is 12.1 Å². The third-order valence-corrected chi connectivity index (χ3v) is 3.63. The van der Waals surface area contributed by atoms with Crippen molar-refractivity contribution < 1.29 is 0 Å². The first-order valence-electron chi connectivity index (χ1n) is 6.43. The predicted molar refractivity (Wildman–Crippen MR) is 76.9 cm³/mol. The van der Waals surface area contributed by atoms with Crippen LogP contribution in [0.25, 0.3) is 11.4 Å². The third-order valence-electron chi connectivity index (χ3n) is 3.63. The molecular formula is C16H19N3. The van der Waals surface area contributed by atoms with Crippen molar-refractivity contribution in [2.45, 2.75) is 34.1 Å². The van der Waals surface area contributed by atoms with Crippen LogP contribution in [0, 0.1) is 39.0 Å². The lowest BCUT2D eigenvalue weighted by atomic mass is 9.99. The van der Waals surface area contributed by atoms with Crippen molar-refractivity contribution in [3.8, 4) is 17.5 Å². The fourth-order valence-corrected chi connectivity index (χ4v) is 2.63. The summed E-state index contributed by atoms with van der Waals surface area (Å²) in [7, 11) is 2.01. The molecule has 0 spiro atoms. The van der Waals surface area contributed by atoms with Gasteiger partial charge < -0.3 is 4.57 Å². The molecule has 0 amide bonds. The Labute approximate surface area is 114 Å². The number of aryl methyl sites for hydroxylation is 3. The zero-order valence-corrected chi connectivity index (χ0v) is 12.2. The van der Waals surface area contributed by atoms with Gasteiger partial charge in [0.05, 0.1) is 18.2 Å². The minimum absolute atomic E-state index is 0.365. The van der Waals surface area contributed by atoms with Gasteiger partial charge in [0.1, 0.15) is 5.82 Å². The molecule has 3 nitrogen and oxygen atoms in total. The van der Waals surface area contributed by atoms with Crippen LogP contribution in [0.1, 0.15) is 28.1 Å². The summed E-state index contributed by atoms with van der Waals surface area (Å²) in [6.07, 6.45) is 0.365. The average molecular weight is 253 g/mol. The molecule has 0 aliphatic heterocycles. The maximum atomic E-state index is 8.86. The van der Waals surface area contributed by atoms with Gasteiger partial charge in [0.15, 0.2) is 0 Å². The minimum Gasteiger partial charge on any atom is -0.331 e. The van der Waals surface area contributed by atoms with E-state index in [0.29, 0.717) is 6.42 Å². The zero-order chi connectivity index (χ0) is 14.2. The number of nitrogens with zero attached hydrogens (tertiary/aromatic N) is 3. The highest BCUT2D eigenvalue weighted by Gasteiger charge is 2.16. The molecule has 0 bridgehead atoms. The van der Waals surface area contributed by atoms with E-state index >= 15 is 0 Å². The third kappa shape index (κ3) is 2.26. The van der Waals surface area contributed by atoms with E-state index in [1.807, 2.05) is 14.0 Å². The molecule has 1 heterocycles. The molecule has 0 atom stereocenters. The summed E-state index contributed by atoms with van der Waals surface area (Å²) in [6, 6.07) is 6.53. The highest BCUT2D eigenvalue weighted by Crippen LogP contribution is 2.28. The number of hydrogen-bond acceptors (Lipinski definition) is 2. The van der Waals surface area contributed by atoms with E-state index in [2.05, 4.69) is 48.5 Å². The Morgan fingerprint density at radius 3 is 2.26 bits per heavy atom. The molecule has 0 N–H and O–H groups in total. The number of aromatic nitrogens is 2. The van der Waals surface area contributed by atoms with Gasteiger partial charge in [-0.05, 0) is 38.8 Å². The number of benzene rings is 1. The summed E-state index contributed by atoms with van der Waals surface area (Å²) in [5.74, 6) is 0.956. The van der Waals surface area contributed by atoms with Gasteiger partial charge in [-0.3, -0.25) is 0 Å². The van der Waals surface area contributed by atoms with Crippen molar-refractivity contribution in [2.75, 3.05) is 0 Å². The summed E-state index contributed by atoms with van der Waals surface area (Å²) in [5, 5.41) is 8.86. The normalized spacial score (nSPS) is 10.5. The van der Waals surface area contributed by atoms with Crippen LogP contribution < -0.4 is 0 Å². The van der Waals surface area contributed by atoms with E-state index in [0.717, 1.165) is 17.2 Å². The van der Waals surface area contributed by atoms with Gasteiger partial charge >= 0.3 is 0 Å². The summed E-state index contributed by atoms with van der Waals surface area (Å²) < 4.78 is 2.08. The van der Waals surface area contributed by atoms with E-state index in [1.165, 1.54) is 22.3 Å². The Hall–Kier alpha value is -2.08. The number of imidazole rings is 1. The van der Waals surface area contributed by atoms with E-state index in [-0.39, 0.29) is 0 Å². The highest BCUT2D eigenvalue weighted by atomic mass is 15.1. The number of hydrogen-bond donors (Lipinski definition) is 0. The molecule has 0 unspecified atom stereocenters. The van der Waals surface area contributed by atoms with Crippen LogP contribution in [0.5, 0.6) is 0 Å². The lowest BCUT2D eigenvalue weighted by molar-refractivity contribution is 0.877. The second-order valence-corrected chi connectivity index (χ2v) is 5.14. The first-order chi connectivity index (χ1) is 8.95. The summed E-state index contributed by atoms with van der Waals surface area (Å²) in [6.45, 7) is 8.35. The highest BCUT2D eigenvalue weighted by molar-refractivity contribution is 5.66. The van der Waals surface area contributed by atoms with E-state index in [4.69, 9.17) is 5.26 Å². The molecule has 98 valence electrons. The molecule has 3 heteroatoms. The van der Waals surface area contributed by atoms with Crippen molar-refractivity contribution in [3.63, 3.8) is 0 Å². The molecule has 1 aromatic heterocycles. The first kappa shape index (κ1) is 13.4. The second kappa shape index (κ2) is 4.89. The van der Waals surface area contributed by atoms with Gasteiger partial charge in [0.2, 0.25) is 0 Å². The number of rotatable bonds is 2. The van der Waals surface area contributed by atoms with Crippen molar-refractivity contribution in [3.05, 3.63) is 40.2 Å². The van der Waals surface area contributed by atoms with E-state index in [1.54, 1.807) is 0 Å². The Kier molecular flexibility index (Phi) is 3.44. The van der Waals surface area contributed by atoms with Crippen molar-refractivity contribution in [2.24, 2.45) is 7.05 Å². The fourth-order valence-electron chi connectivity index (χ4n) is 2.63. The molecule has 1 aromatic carbocycles. The van der Waals surface area contributed by atoms with Crippen LogP contribution in [0.2, 0.25) is 0 Å². The number of nitriles is 1. The lowest BCUT2D eigenvalue weighted by Crippen LogP contribution is -1.99. The molecule has 2 rings (SSSR count). The monoisotopic (exact) mass is 253 g/mol. The van der Waals surface area contributed by atoms with Crippen molar-refractivity contribution >= 4 is 0 Å². The van der Waals surface area contributed by atoms with Crippen LogP contribution in [0.3, 0.4) is 0 Å². The molecule has 2 aromatic rings. The van der Waals surface area contributed by atoms with Crippen LogP contribution in [-0.2, 0) is 13.5 Å². The quantitative estimate of drug-likeness (QED) is 0.823. The zero-order valence-electron chi connectivity index (χ0n) is 12.2. The summed E-state index contributed by atoms with van der Waals surface area (Å²) in [4.78, 5) is 4.66. The molecule has 0 aliphatic carbocycles. The fraction of sp³-hybridized carbons (Fsp3) is 0.375. The van der Waals surface area contributed by atoms with Crippen molar-refractivity contribution in [1.82, 2.24) is 9.55 Å². The molecule has 0 radical (unpaired) electrons. The van der Waals surface area contributed by atoms with E-state index < -0.39 is 0 Å². The SMILES string of the molecule is Cc1cc(C)c(-c2nc(CC#N)c(C)n2C)c(C)c1. The van der Waals surface area contributed by atoms with Gasteiger partial charge in [-0.25, -0.2) is 4.98 Å². The maximum absolute atomic E-state index is 8.86. The molecule has 0 saturated carbocycles. The lowest BCUT2D eigenvalue weighted by Gasteiger charge is -2.11. The van der Waals surface area contributed by atoms with Crippen LogP contribution in [-0.4, -0.2) is 9.55 Å². The minimum atomic E-state index is 0.365. The smallest absolute Gasteiger partial charge is 0.140 e. The summed E-state index contributed by atoms with van der Waals surface area (Å²) in [5.41, 5.74) is 6.85. The van der Waals surface area contributed by atoms with Gasteiger partial charge in [-0.1, -0.05) is 17.7 Å². The van der Waals surface area contributed by atoms with Gasteiger partial charge in [0, 0.05) is 18.3 Å². The topological polar surface area (TPSA) is 41.6 Å².